The quantitative estimate of drug-likeness (QED) is 0.665. The smallest absolute Gasteiger partial charge is 0.416 e. The minimum absolute atomic E-state index is 0.0225. The van der Waals surface area contributed by atoms with Gasteiger partial charge in [0.2, 0.25) is 5.96 Å². The molecule has 2 aromatic rings. The van der Waals surface area contributed by atoms with Gasteiger partial charge in [-0.25, -0.2) is 9.98 Å². The van der Waals surface area contributed by atoms with Crippen LogP contribution in [0.4, 0.5) is 24.7 Å². The van der Waals surface area contributed by atoms with Crippen molar-refractivity contribution >= 4 is 23.2 Å². The lowest BCUT2D eigenvalue weighted by Gasteiger charge is -2.26. The number of aliphatic hydroxyl groups excluding tert-OH is 1. The molecular weight excluding hydrogens is 423 g/mol. The number of nitrogens with one attached hydrogen (secondary N) is 2. The van der Waals surface area contributed by atoms with Crippen LogP contribution in [-0.4, -0.2) is 54.8 Å². The Hall–Kier alpha value is -3.27. The normalized spacial score (nSPS) is 20.3. The first-order chi connectivity index (χ1) is 15.1. The minimum Gasteiger partial charge on any atom is -0.495 e. The van der Waals surface area contributed by atoms with Crippen molar-refractivity contribution in [3.05, 3.63) is 53.2 Å². The number of benzene rings is 1. The number of hydrogen-bond acceptors (Lipinski definition) is 7. The van der Waals surface area contributed by atoms with E-state index in [0.29, 0.717) is 24.7 Å². The van der Waals surface area contributed by atoms with Gasteiger partial charge in [-0.2, -0.15) is 13.2 Å². The molecule has 0 aliphatic carbocycles. The number of hydrogen-bond donors (Lipinski definition) is 3. The minimum atomic E-state index is -4.47. The van der Waals surface area contributed by atoms with E-state index in [0.717, 1.165) is 29.1 Å². The topological polar surface area (TPSA) is 82.0 Å². The van der Waals surface area contributed by atoms with Gasteiger partial charge in [0.05, 0.1) is 30.7 Å². The largest absolute Gasteiger partial charge is 0.495 e. The van der Waals surface area contributed by atoms with Gasteiger partial charge < -0.3 is 25.4 Å². The number of alkyl halides is 3. The van der Waals surface area contributed by atoms with Crippen molar-refractivity contribution < 1.29 is 23.0 Å². The Morgan fingerprint density at radius 2 is 2.09 bits per heavy atom. The van der Waals surface area contributed by atoms with E-state index in [1.165, 1.54) is 13.2 Å². The zero-order valence-corrected chi connectivity index (χ0v) is 17.9. The van der Waals surface area contributed by atoms with Crippen LogP contribution < -0.4 is 15.4 Å². The predicted octanol–water partition coefficient (Wildman–Crippen LogP) is 3.54. The van der Waals surface area contributed by atoms with Crippen molar-refractivity contribution in [2.24, 2.45) is 4.99 Å². The third kappa shape index (κ3) is 3.97. The second-order valence-corrected chi connectivity index (χ2v) is 8.14. The number of methoxy groups -OCH3 is 1. The number of aliphatic imine (C=N–C) groups is 1. The van der Waals surface area contributed by atoms with Gasteiger partial charge in [0.1, 0.15) is 11.6 Å². The summed E-state index contributed by atoms with van der Waals surface area (Å²) in [6.45, 7) is 3.01. The maximum absolute atomic E-state index is 13.2. The SMILES string of the molecule is COc1ccc(C(F)(F)F)cc1NC1=NC(c2cnc3c(c2)C(C)(CO)CN3)=CCN1C. The van der Waals surface area contributed by atoms with Crippen molar-refractivity contribution in [1.29, 1.82) is 0 Å². The molecule has 7 nitrogen and oxygen atoms in total. The van der Waals surface area contributed by atoms with Crippen LogP contribution in [0, 0.1) is 0 Å². The Kier molecular flexibility index (Phi) is 5.49. The summed E-state index contributed by atoms with van der Waals surface area (Å²) in [7, 11) is 3.18. The zero-order chi connectivity index (χ0) is 23.1. The van der Waals surface area contributed by atoms with Crippen molar-refractivity contribution in [3.63, 3.8) is 0 Å². The summed E-state index contributed by atoms with van der Waals surface area (Å²) in [4.78, 5) is 10.9. The summed E-state index contributed by atoms with van der Waals surface area (Å²) in [6, 6.07) is 5.20. The maximum atomic E-state index is 13.2. The Balaban J connectivity index is 1.67. The van der Waals surface area contributed by atoms with Crippen LogP contribution in [0.5, 0.6) is 5.75 Å². The molecule has 1 aromatic heterocycles. The predicted molar refractivity (Wildman–Crippen MR) is 117 cm³/mol. The molecule has 1 unspecified atom stereocenters. The fourth-order valence-electron chi connectivity index (χ4n) is 3.68. The van der Waals surface area contributed by atoms with Crippen LogP contribution >= 0.6 is 0 Å². The molecule has 4 rings (SSSR count). The van der Waals surface area contributed by atoms with Gasteiger partial charge in [0.15, 0.2) is 0 Å². The van der Waals surface area contributed by atoms with Crippen LogP contribution in [0.1, 0.15) is 23.6 Å². The second-order valence-electron chi connectivity index (χ2n) is 8.14. The van der Waals surface area contributed by atoms with Gasteiger partial charge in [-0.15, -0.1) is 0 Å². The molecule has 0 amide bonds. The van der Waals surface area contributed by atoms with E-state index < -0.39 is 17.2 Å². The Labute approximate surface area is 183 Å². The van der Waals surface area contributed by atoms with E-state index in [1.54, 1.807) is 18.1 Å². The molecular formula is C22H24F3N5O2. The summed E-state index contributed by atoms with van der Waals surface area (Å²) in [5.74, 6) is 1.38. The Morgan fingerprint density at radius 3 is 2.78 bits per heavy atom. The lowest BCUT2D eigenvalue weighted by Crippen LogP contribution is -2.35. The number of rotatable bonds is 4. The van der Waals surface area contributed by atoms with Gasteiger partial charge in [0.25, 0.3) is 0 Å². The number of pyridine rings is 1. The molecule has 2 aliphatic rings. The van der Waals surface area contributed by atoms with Crippen LogP contribution in [0.25, 0.3) is 5.70 Å². The van der Waals surface area contributed by atoms with Crippen LogP contribution in [0.2, 0.25) is 0 Å². The summed E-state index contributed by atoms with van der Waals surface area (Å²) >= 11 is 0. The van der Waals surface area contributed by atoms with E-state index in [-0.39, 0.29) is 18.0 Å². The first-order valence-electron chi connectivity index (χ1n) is 10.0. The molecule has 32 heavy (non-hydrogen) atoms. The summed E-state index contributed by atoms with van der Waals surface area (Å²) in [5, 5.41) is 16.0. The van der Waals surface area contributed by atoms with Gasteiger partial charge in [-0.1, -0.05) is 6.92 Å². The summed E-state index contributed by atoms with van der Waals surface area (Å²) in [5.41, 5.74) is 1.24. The number of aliphatic hydroxyl groups is 1. The van der Waals surface area contributed by atoms with Crippen LogP contribution in [0.3, 0.4) is 0 Å². The summed E-state index contributed by atoms with van der Waals surface area (Å²) < 4.78 is 44.8. The maximum Gasteiger partial charge on any atom is 0.416 e. The van der Waals surface area contributed by atoms with E-state index in [9.17, 15) is 18.3 Å². The Bertz CT molecular complexity index is 1100. The highest BCUT2D eigenvalue weighted by atomic mass is 19.4. The van der Waals surface area contributed by atoms with Gasteiger partial charge >= 0.3 is 6.18 Å². The molecule has 0 radical (unpaired) electrons. The van der Waals surface area contributed by atoms with Gasteiger partial charge in [-0.05, 0) is 30.3 Å². The average molecular weight is 447 g/mol. The third-order valence-electron chi connectivity index (χ3n) is 5.75. The number of ether oxygens (including phenoxy) is 1. The number of likely N-dealkylation sites (N-methyl/N-ethyl adjacent to an activating group) is 1. The first kappa shape index (κ1) is 21.9. The second kappa shape index (κ2) is 8.01. The summed E-state index contributed by atoms with van der Waals surface area (Å²) in [6.07, 6.45) is -0.869. The zero-order valence-electron chi connectivity index (χ0n) is 17.9. The average Bonchev–Trinajstić information content (AvgIpc) is 3.11. The number of halogens is 3. The standard InChI is InChI=1S/C22H24F3N5O2/c1-21(12-31)11-27-19-15(21)8-13(10-26-19)16-6-7-30(2)20(28-16)29-17-9-14(22(23,24)25)4-5-18(17)32-3/h4-6,8-10,31H,7,11-12H2,1-3H3,(H,26,27)(H,28,29). The molecule has 0 saturated heterocycles. The molecule has 0 spiro atoms. The Morgan fingerprint density at radius 1 is 1.31 bits per heavy atom. The molecule has 3 N–H and O–H groups in total. The molecule has 1 atom stereocenters. The number of aromatic nitrogens is 1. The molecule has 170 valence electrons. The lowest BCUT2D eigenvalue weighted by molar-refractivity contribution is -0.137. The van der Waals surface area contributed by atoms with Gasteiger partial charge in [0, 0.05) is 42.9 Å². The van der Waals surface area contributed by atoms with E-state index >= 15 is 0 Å². The van der Waals surface area contributed by atoms with Crippen molar-refractivity contribution in [1.82, 2.24) is 9.88 Å². The lowest BCUT2D eigenvalue weighted by atomic mass is 9.85. The molecule has 10 heteroatoms. The highest BCUT2D eigenvalue weighted by Gasteiger charge is 2.35. The van der Waals surface area contributed by atoms with Gasteiger partial charge in [-0.3, -0.25) is 0 Å². The third-order valence-corrected chi connectivity index (χ3v) is 5.75. The highest BCUT2D eigenvalue weighted by molar-refractivity contribution is 5.99. The van der Waals surface area contributed by atoms with Crippen molar-refractivity contribution in [3.8, 4) is 5.75 Å². The fraction of sp³-hybridized carbons (Fsp3) is 0.364. The van der Waals surface area contributed by atoms with Crippen LogP contribution in [0.15, 0.2) is 41.5 Å². The monoisotopic (exact) mass is 447 g/mol. The molecule has 2 aliphatic heterocycles. The fourth-order valence-corrected chi connectivity index (χ4v) is 3.68. The first-order valence-corrected chi connectivity index (χ1v) is 10.0. The van der Waals surface area contributed by atoms with E-state index in [2.05, 4.69) is 20.6 Å². The molecule has 1 aromatic carbocycles. The molecule has 0 fully saturated rings. The number of guanidine groups is 1. The number of nitrogens with zero attached hydrogens (tertiary/aromatic N) is 3. The molecule has 0 saturated carbocycles. The highest BCUT2D eigenvalue weighted by Crippen LogP contribution is 2.37. The number of anilines is 2. The van der Waals surface area contributed by atoms with E-state index in [1.807, 2.05) is 19.1 Å². The molecule has 3 heterocycles. The van der Waals surface area contributed by atoms with E-state index in [4.69, 9.17) is 4.74 Å². The van der Waals surface area contributed by atoms with Crippen molar-refractivity contribution in [2.75, 3.05) is 44.5 Å². The molecule has 0 bridgehead atoms. The van der Waals surface area contributed by atoms with Crippen molar-refractivity contribution in [2.45, 2.75) is 18.5 Å². The van der Waals surface area contributed by atoms with Crippen LogP contribution in [-0.2, 0) is 11.6 Å². The number of fused-ring (bicyclic) bond motifs is 1.